The van der Waals surface area contributed by atoms with Gasteiger partial charge in [0.1, 0.15) is 5.75 Å². The van der Waals surface area contributed by atoms with Crippen LogP contribution in [-0.2, 0) is 16.1 Å². The Morgan fingerprint density at radius 3 is 3.00 bits per heavy atom. The molecule has 0 radical (unpaired) electrons. The van der Waals surface area contributed by atoms with E-state index in [2.05, 4.69) is 10.5 Å². The first-order valence-corrected chi connectivity index (χ1v) is 7.46. The average Bonchev–Trinajstić information content (AvgIpc) is 3.37. The van der Waals surface area contributed by atoms with Crippen molar-refractivity contribution in [2.75, 3.05) is 6.61 Å². The van der Waals surface area contributed by atoms with Crippen molar-refractivity contribution in [2.45, 2.75) is 25.7 Å². The Morgan fingerprint density at radius 2 is 2.23 bits per heavy atom. The maximum absolute atomic E-state index is 11.9. The van der Waals surface area contributed by atoms with E-state index in [0.717, 1.165) is 17.9 Å². The van der Waals surface area contributed by atoms with Crippen molar-refractivity contribution in [3.05, 3.63) is 42.2 Å². The summed E-state index contributed by atoms with van der Waals surface area (Å²) in [5.41, 5.74) is 3.65. The molecule has 1 aromatic carbocycles. The first-order valence-electron chi connectivity index (χ1n) is 7.46. The van der Waals surface area contributed by atoms with Gasteiger partial charge in [0.2, 0.25) is 0 Å². The zero-order valence-electron chi connectivity index (χ0n) is 12.3. The number of benzene rings is 1. The lowest BCUT2D eigenvalue weighted by molar-refractivity contribution is -0.164. The topological polar surface area (TPSA) is 63.2 Å². The van der Waals surface area contributed by atoms with E-state index in [4.69, 9.17) is 9.57 Å². The van der Waals surface area contributed by atoms with E-state index in [-0.39, 0.29) is 12.4 Å². The van der Waals surface area contributed by atoms with Crippen LogP contribution in [0.1, 0.15) is 24.8 Å². The van der Waals surface area contributed by atoms with E-state index in [1.54, 1.807) is 12.4 Å². The lowest BCUT2D eigenvalue weighted by Gasteiger charge is -2.16. The maximum Gasteiger partial charge on any atom is 0.333 e. The van der Waals surface area contributed by atoms with Crippen LogP contribution >= 0.6 is 0 Å². The predicted molar refractivity (Wildman–Crippen MR) is 81.7 cm³/mol. The van der Waals surface area contributed by atoms with Crippen LogP contribution in [0.3, 0.4) is 0 Å². The van der Waals surface area contributed by atoms with Gasteiger partial charge in [0.05, 0.1) is 19.2 Å². The van der Waals surface area contributed by atoms with Crippen molar-refractivity contribution in [1.29, 1.82) is 0 Å². The summed E-state index contributed by atoms with van der Waals surface area (Å²) in [5.74, 6) is 1.26. The summed E-state index contributed by atoms with van der Waals surface area (Å²) >= 11 is 0. The number of para-hydroxylation sites is 1. The van der Waals surface area contributed by atoms with Crippen molar-refractivity contribution in [3.63, 3.8) is 0 Å². The molecule has 22 heavy (non-hydrogen) atoms. The van der Waals surface area contributed by atoms with Crippen LogP contribution in [0.5, 0.6) is 5.75 Å². The number of ether oxygens (including phenoxy) is 1. The maximum atomic E-state index is 11.9. The second-order valence-corrected chi connectivity index (χ2v) is 5.37. The number of rotatable bonds is 7. The van der Waals surface area contributed by atoms with Gasteiger partial charge < -0.3 is 9.57 Å². The van der Waals surface area contributed by atoms with Crippen molar-refractivity contribution >= 4 is 12.3 Å². The molecule has 1 heterocycles. The van der Waals surface area contributed by atoms with Gasteiger partial charge in [-0.3, -0.25) is 5.43 Å². The number of hydrogen-bond acceptors (Lipinski definition) is 6. The van der Waals surface area contributed by atoms with E-state index in [1.807, 2.05) is 24.3 Å². The molecule has 1 aromatic rings. The highest BCUT2D eigenvalue weighted by Gasteiger charge is 2.22. The Labute approximate surface area is 129 Å². The number of nitrogens with one attached hydrogen (secondary N) is 1. The largest absolute Gasteiger partial charge is 0.493 e. The third-order valence-electron chi connectivity index (χ3n) is 3.49. The van der Waals surface area contributed by atoms with Crippen LogP contribution in [0.25, 0.3) is 0 Å². The molecule has 0 spiro atoms. The molecule has 116 valence electrons. The van der Waals surface area contributed by atoms with E-state index in [1.165, 1.54) is 24.2 Å². The van der Waals surface area contributed by atoms with Gasteiger partial charge >= 0.3 is 5.97 Å². The fourth-order valence-electron chi connectivity index (χ4n) is 2.08. The van der Waals surface area contributed by atoms with Gasteiger partial charge in [-0.1, -0.05) is 18.2 Å². The number of hydrogen-bond donors (Lipinski definition) is 1. The molecule has 1 aliphatic heterocycles. The van der Waals surface area contributed by atoms with Gasteiger partial charge in [-0.25, -0.2) is 4.79 Å². The third-order valence-corrected chi connectivity index (χ3v) is 3.49. The normalized spacial score (nSPS) is 16.3. The number of carbonyl (C=O) groups is 1. The highest BCUT2D eigenvalue weighted by Crippen LogP contribution is 2.30. The summed E-state index contributed by atoms with van der Waals surface area (Å²) in [4.78, 5) is 17.0. The fourth-order valence-corrected chi connectivity index (χ4v) is 2.08. The molecule has 0 bridgehead atoms. The molecule has 1 N–H and O–H groups in total. The van der Waals surface area contributed by atoms with Gasteiger partial charge in [0.25, 0.3) is 0 Å². The summed E-state index contributed by atoms with van der Waals surface area (Å²) in [5, 5.41) is 5.03. The summed E-state index contributed by atoms with van der Waals surface area (Å²) < 4.78 is 5.84. The SMILES string of the molecule is O=C(CCc1ccccc1OCC1CC1)ON1C=CNN=C1. The number of aryl methyl sites for hydroxylation is 1. The molecule has 6 nitrogen and oxygen atoms in total. The Morgan fingerprint density at radius 1 is 1.36 bits per heavy atom. The summed E-state index contributed by atoms with van der Waals surface area (Å²) in [7, 11) is 0. The smallest absolute Gasteiger partial charge is 0.333 e. The van der Waals surface area contributed by atoms with Gasteiger partial charge in [-0.2, -0.15) is 10.2 Å². The number of carbonyl (C=O) groups excluding carboxylic acids is 1. The molecular weight excluding hydrogens is 282 g/mol. The van der Waals surface area contributed by atoms with Crippen molar-refractivity contribution in [1.82, 2.24) is 10.5 Å². The zero-order chi connectivity index (χ0) is 15.2. The van der Waals surface area contributed by atoms with E-state index < -0.39 is 0 Å². The van der Waals surface area contributed by atoms with Crippen LogP contribution in [0.2, 0.25) is 0 Å². The van der Waals surface area contributed by atoms with Crippen molar-refractivity contribution < 1.29 is 14.4 Å². The second kappa shape index (κ2) is 6.98. The van der Waals surface area contributed by atoms with Crippen LogP contribution in [-0.4, -0.2) is 24.0 Å². The molecule has 1 aliphatic carbocycles. The standard InChI is InChI=1S/C16H19N3O3/c20-16(22-19-10-9-17-18-12-19)8-7-14-3-1-2-4-15(14)21-11-13-5-6-13/h1-4,9-10,12-13,17H,5-8,11H2. The van der Waals surface area contributed by atoms with Crippen molar-refractivity contribution in [2.24, 2.45) is 11.0 Å². The molecule has 1 saturated carbocycles. The number of hydrazone groups is 1. The van der Waals surface area contributed by atoms with Crippen LogP contribution < -0.4 is 10.2 Å². The van der Waals surface area contributed by atoms with Crippen LogP contribution in [0.15, 0.2) is 41.8 Å². The highest BCUT2D eigenvalue weighted by molar-refractivity contribution is 5.71. The summed E-state index contributed by atoms with van der Waals surface area (Å²) in [6.45, 7) is 0.767. The predicted octanol–water partition coefficient (Wildman–Crippen LogP) is 2.19. The van der Waals surface area contributed by atoms with E-state index in [0.29, 0.717) is 12.3 Å². The monoisotopic (exact) mass is 301 g/mol. The Hall–Kier alpha value is -2.50. The molecule has 2 aliphatic rings. The third kappa shape index (κ3) is 4.25. The Balaban J connectivity index is 1.49. The van der Waals surface area contributed by atoms with E-state index >= 15 is 0 Å². The molecule has 0 atom stereocenters. The zero-order valence-corrected chi connectivity index (χ0v) is 12.3. The molecule has 1 fully saturated rings. The lowest BCUT2D eigenvalue weighted by atomic mass is 10.1. The molecule has 6 heteroatoms. The first kappa shape index (κ1) is 14.4. The first-order chi connectivity index (χ1) is 10.8. The van der Waals surface area contributed by atoms with Crippen molar-refractivity contribution in [3.8, 4) is 5.75 Å². The average molecular weight is 301 g/mol. The summed E-state index contributed by atoms with van der Waals surface area (Å²) in [6.07, 6.45) is 7.95. The minimum Gasteiger partial charge on any atom is -0.493 e. The van der Waals surface area contributed by atoms with Crippen LogP contribution in [0, 0.1) is 5.92 Å². The number of hydroxylamine groups is 2. The quantitative estimate of drug-likeness (QED) is 0.836. The summed E-state index contributed by atoms with van der Waals surface area (Å²) in [6, 6.07) is 7.85. The van der Waals surface area contributed by atoms with Gasteiger partial charge in [-0.05, 0) is 36.8 Å². The molecular formula is C16H19N3O3. The molecule has 3 rings (SSSR count). The minimum atomic E-state index is -0.310. The second-order valence-electron chi connectivity index (χ2n) is 5.37. The molecule has 0 aromatic heterocycles. The van der Waals surface area contributed by atoms with Gasteiger partial charge in [-0.15, -0.1) is 0 Å². The highest BCUT2D eigenvalue weighted by atomic mass is 16.7. The van der Waals surface area contributed by atoms with Gasteiger partial charge in [0.15, 0.2) is 6.34 Å². The minimum absolute atomic E-state index is 0.287. The fraction of sp³-hybridized carbons (Fsp3) is 0.375. The molecule has 0 unspecified atom stereocenters. The Bertz CT molecular complexity index is 570. The van der Waals surface area contributed by atoms with Crippen LogP contribution in [0.4, 0.5) is 0 Å². The lowest BCUT2D eigenvalue weighted by Crippen LogP contribution is -2.25. The van der Waals surface area contributed by atoms with E-state index in [9.17, 15) is 4.79 Å². The number of nitrogens with zero attached hydrogens (tertiary/aromatic N) is 2. The Kier molecular flexibility index (Phi) is 4.58. The molecule has 0 saturated heterocycles. The molecule has 0 amide bonds. The van der Waals surface area contributed by atoms with Gasteiger partial charge in [0, 0.05) is 6.20 Å².